The molecule has 15 heavy (non-hydrogen) atoms. The van der Waals surface area contributed by atoms with Crippen molar-refractivity contribution in [2.45, 2.75) is 19.1 Å². The lowest BCUT2D eigenvalue weighted by Gasteiger charge is -2.17. The normalized spacial score (nSPS) is 14.3. The summed E-state index contributed by atoms with van der Waals surface area (Å²) < 4.78 is 4.66. The van der Waals surface area contributed by atoms with Gasteiger partial charge in [-0.3, -0.25) is 4.98 Å². The Kier molecular flexibility index (Phi) is 4.20. The Bertz CT molecular complexity index is 316. The van der Waals surface area contributed by atoms with E-state index in [9.17, 15) is 9.90 Å². The van der Waals surface area contributed by atoms with Gasteiger partial charge in [-0.1, -0.05) is 0 Å². The zero-order valence-corrected chi connectivity index (χ0v) is 8.46. The molecule has 5 nitrogen and oxygen atoms in total. The lowest BCUT2D eigenvalue weighted by molar-refractivity contribution is -0.154. The number of hydrogen-bond donors (Lipinski definition) is 2. The Morgan fingerprint density at radius 1 is 1.60 bits per heavy atom. The molecular formula is C10H14N2O3. The van der Waals surface area contributed by atoms with Gasteiger partial charge in [0.25, 0.3) is 0 Å². The Balaban J connectivity index is 2.68. The van der Waals surface area contributed by atoms with E-state index in [2.05, 4.69) is 9.72 Å². The summed E-state index contributed by atoms with van der Waals surface area (Å²) >= 11 is 0. The van der Waals surface area contributed by atoms with Crippen LogP contribution in [0.3, 0.4) is 0 Å². The van der Waals surface area contributed by atoms with E-state index in [0.29, 0.717) is 5.56 Å². The van der Waals surface area contributed by atoms with E-state index in [1.54, 1.807) is 31.5 Å². The number of carbonyl (C=O) groups is 1. The fraction of sp³-hybridized carbons (Fsp3) is 0.400. The highest BCUT2D eigenvalue weighted by atomic mass is 16.5. The molecule has 0 spiro atoms. The Hall–Kier alpha value is -1.46. The van der Waals surface area contributed by atoms with Gasteiger partial charge in [-0.25, -0.2) is 4.79 Å². The van der Waals surface area contributed by atoms with Crippen LogP contribution in [-0.4, -0.2) is 28.8 Å². The minimum absolute atomic E-state index is 0.221. The highest BCUT2D eigenvalue weighted by Crippen LogP contribution is 2.13. The van der Waals surface area contributed by atoms with E-state index >= 15 is 0 Å². The second-order valence-corrected chi connectivity index (χ2v) is 3.00. The number of pyridine rings is 1. The van der Waals surface area contributed by atoms with Crippen LogP contribution >= 0.6 is 0 Å². The van der Waals surface area contributed by atoms with E-state index in [-0.39, 0.29) is 6.61 Å². The fourth-order valence-electron chi connectivity index (χ4n) is 1.14. The number of carbonyl (C=O) groups excluding carboxylic acids is 1. The SMILES string of the molecule is CCOC(=O)C(O)C(N)c1ccncc1. The predicted molar refractivity (Wildman–Crippen MR) is 53.8 cm³/mol. The fourth-order valence-corrected chi connectivity index (χ4v) is 1.14. The average molecular weight is 210 g/mol. The largest absolute Gasteiger partial charge is 0.464 e. The van der Waals surface area contributed by atoms with Crippen molar-refractivity contribution in [2.75, 3.05) is 6.61 Å². The quantitative estimate of drug-likeness (QED) is 0.683. The van der Waals surface area contributed by atoms with Gasteiger partial charge in [-0.05, 0) is 24.6 Å². The molecule has 1 heterocycles. The molecular weight excluding hydrogens is 196 g/mol. The summed E-state index contributed by atoms with van der Waals surface area (Å²) in [6.07, 6.45) is 1.76. The molecule has 3 N–H and O–H groups in total. The third-order valence-electron chi connectivity index (χ3n) is 1.96. The number of ether oxygens (including phenoxy) is 1. The van der Waals surface area contributed by atoms with Crippen LogP contribution in [0, 0.1) is 0 Å². The summed E-state index contributed by atoms with van der Waals surface area (Å²) in [4.78, 5) is 15.0. The maximum atomic E-state index is 11.2. The molecule has 1 aromatic rings. The smallest absolute Gasteiger partial charge is 0.336 e. The van der Waals surface area contributed by atoms with E-state index in [4.69, 9.17) is 5.73 Å². The molecule has 0 saturated heterocycles. The molecule has 0 radical (unpaired) electrons. The molecule has 0 aliphatic rings. The minimum atomic E-state index is -1.34. The monoisotopic (exact) mass is 210 g/mol. The highest BCUT2D eigenvalue weighted by molar-refractivity contribution is 5.75. The molecule has 0 aliphatic carbocycles. The van der Waals surface area contributed by atoms with E-state index in [1.165, 1.54) is 0 Å². The number of hydrogen-bond acceptors (Lipinski definition) is 5. The van der Waals surface area contributed by atoms with Crippen molar-refractivity contribution in [3.63, 3.8) is 0 Å². The second-order valence-electron chi connectivity index (χ2n) is 3.00. The van der Waals surface area contributed by atoms with Crippen LogP contribution < -0.4 is 5.73 Å². The second kappa shape index (κ2) is 5.43. The Morgan fingerprint density at radius 3 is 2.73 bits per heavy atom. The minimum Gasteiger partial charge on any atom is -0.464 e. The summed E-state index contributed by atoms with van der Waals surface area (Å²) in [7, 11) is 0. The van der Waals surface area contributed by atoms with E-state index < -0.39 is 18.1 Å². The van der Waals surface area contributed by atoms with Gasteiger partial charge in [0.05, 0.1) is 12.6 Å². The standard InChI is InChI=1S/C10H14N2O3/c1-2-15-10(14)9(13)8(11)7-3-5-12-6-4-7/h3-6,8-9,13H,2,11H2,1H3. The van der Waals surface area contributed by atoms with Gasteiger partial charge < -0.3 is 15.6 Å². The number of aliphatic hydroxyl groups is 1. The lowest BCUT2D eigenvalue weighted by atomic mass is 10.0. The van der Waals surface area contributed by atoms with Crippen LogP contribution in [0.15, 0.2) is 24.5 Å². The van der Waals surface area contributed by atoms with Crippen molar-refractivity contribution in [3.05, 3.63) is 30.1 Å². The zero-order chi connectivity index (χ0) is 11.3. The van der Waals surface area contributed by atoms with Gasteiger partial charge in [0.2, 0.25) is 0 Å². The van der Waals surface area contributed by atoms with Gasteiger partial charge in [-0.15, -0.1) is 0 Å². The highest BCUT2D eigenvalue weighted by Gasteiger charge is 2.25. The molecule has 82 valence electrons. The van der Waals surface area contributed by atoms with Crippen molar-refractivity contribution in [3.8, 4) is 0 Å². The Morgan fingerprint density at radius 2 is 2.20 bits per heavy atom. The van der Waals surface area contributed by atoms with Gasteiger partial charge >= 0.3 is 5.97 Å². The number of rotatable bonds is 4. The van der Waals surface area contributed by atoms with Crippen molar-refractivity contribution in [1.29, 1.82) is 0 Å². The number of esters is 1. The van der Waals surface area contributed by atoms with E-state index in [1.807, 2.05) is 0 Å². The third kappa shape index (κ3) is 3.00. The van der Waals surface area contributed by atoms with Gasteiger partial charge in [0, 0.05) is 12.4 Å². The molecule has 0 amide bonds. The predicted octanol–water partition coefficient (Wildman–Crippen LogP) is 0.00540. The maximum Gasteiger partial charge on any atom is 0.336 e. The van der Waals surface area contributed by atoms with Crippen LogP contribution in [-0.2, 0) is 9.53 Å². The van der Waals surface area contributed by atoms with Crippen molar-refractivity contribution in [2.24, 2.45) is 5.73 Å². The van der Waals surface area contributed by atoms with E-state index in [0.717, 1.165) is 0 Å². The first-order valence-electron chi connectivity index (χ1n) is 4.67. The van der Waals surface area contributed by atoms with Gasteiger partial charge in [-0.2, -0.15) is 0 Å². The first-order chi connectivity index (χ1) is 7.16. The van der Waals surface area contributed by atoms with Crippen LogP contribution in [0.2, 0.25) is 0 Å². The molecule has 5 heteroatoms. The number of nitrogens with two attached hydrogens (primary N) is 1. The van der Waals surface area contributed by atoms with Crippen molar-refractivity contribution < 1.29 is 14.6 Å². The van der Waals surface area contributed by atoms with Crippen molar-refractivity contribution >= 4 is 5.97 Å². The molecule has 1 aromatic heterocycles. The summed E-state index contributed by atoms with van der Waals surface area (Å²) in [6.45, 7) is 1.89. The summed E-state index contributed by atoms with van der Waals surface area (Å²) in [6, 6.07) is 2.51. The maximum absolute atomic E-state index is 11.2. The summed E-state index contributed by atoms with van der Waals surface area (Å²) in [5.41, 5.74) is 6.34. The number of aromatic nitrogens is 1. The van der Waals surface area contributed by atoms with Crippen LogP contribution in [0.4, 0.5) is 0 Å². The zero-order valence-electron chi connectivity index (χ0n) is 8.46. The molecule has 0 aromatic carbocycles. The first kappa shape index (κ1) is 11.6. The van der Waals surface area contributed by atoms with Crippen LogP contribution in [0.25, 0.3) is 0 Å². The Labute approximate surface area is 87.9 Å². The average Bonchev–Trinajstić information content (AvgIpc) is 2.28. The molecule has 2 unspecified atom stereocenters. The third-order valence-corrected chi connectivity index (χ3v) is 1.96. The first-order valence-corrected chi connectivity index (χ1v) is 4.67. The van der Waals surface area contributed by atoms with Gasteiger partial charge in [0.15, 0.2) is 6.10 Å². The number of nitrogens with zero attached hydrogens (tertiary/aromatic N) is 1. The molecule has 0 fully saturated rings. The van der Waals surface area contributed by atoms with Crippen LogP contribution in [0.1, 0.15) is 18.5 Å². The summed E-state index contributed by atoms with van der Waals surface area (Å²) in [5, 5.41) is 9.55. The lowest BCUT2D eigenvalue weighted by Crippen LogP contribution is -2.34. The molecule has 2 atom stereocenters. The molecule has 1 rings (SSSR count). The van der Waals surface area contributed by atoms with Gasteiger partial charge in [0.1, 0.15) is 0 Å². The molecule has 0 saturated carbocycles. The summed E-state index contributed by atoms with van der Waals surface area (Å²) in [5.74, 6) is -0.707. The topological polar surface area (TPSA) is 85.4 Å². The van der Waals surface area contributed by atoms with Crippen LogP contribution in [0.5, 0.6) is 0 Å². The van der Waals surface area contributed by atoms with Crippen molar-refractivity contribution in [1.82, 2.24) is 4.98 Å². The number of aliphatic hydroxyl groups excluding tert-OH is 1. The molecule has 0 bridgehead atoms. The molecule has 0 aliphatic heterocycles.